The molecule has 2 amide bonds. The van der Waals surface area contributed by atoms with Crippen molar-refractivity contribution in [2.45, 2.75) is 58.7 Å². The van der Waals surface area contributed by atoms with Crippen LogP contribution in [0.3, 0.4) is 0 Å². The zero-order valence-electron chi connectivity index (χ0n) is 21.3. The molecule has 0 aliphatic heterocycles. The number of fused-ring (bicyclic) bond motifs is 1. The van der Waals surface area contributed by atoms with Gasteiger partial charge in [0.2, 0.25) is 5.91 Å². The standard InChI is InChI=1S/C28H33N5O3/c1-5-28(3,4)29-27(35)26(24-16-15-20(2)36-24)32(18-17-21-11-7-6-8-12-21)25(34)19-33-23-14-10-9-13-22(23)30-31-33/h6-16,26H,5,17-19H2,1-4H3,(H,29,35)/t26-/m0/s1. The summed E-state index contributed by atoms with van der Waals surface area (Å²) in [4.78, 5) is 29.2. The maximum Gasteiger partial charge on any atom is 0.251 e. The Morgan fingerprint density at radius 1 is 1.06 bits per heavy atom. The number of aryl methyl sites for hydroxylation is 1. The van der Waals surface area contributed by atoms with Gasteiger partial charge in [-0.05, 0) is 63.4 Å². The van der Waals surface area contributed by atoms with Crippen molar-refractivity contribution in [2.24, 2.45) is 0 Å². The fourth-order valence-corrected chi connectivity index (χ4v) is 4.06. The normalized spacial score (nSPS) is 12.4. The number of carbonyl (C=O) groups excluding carboxylic acids is 2. The molecule has 0 aliphatic carbocycles. The number of nitrogens with one attached hydrogen (secondary N) is 1. The van der Waals surface area contributed by atoms with E-state index in [4.69, 9.17) is 4.42 Å². The number of amides is 2. The average Bonchev–Trinajstić information content (AvgIpc) is 3.48. The van der Waals surface area contributed by atoms with Crippen molar-refractivity contribution in [3.05, 3.63) is 83.8 Å². The van der Waals surface area contributed by atoms with E-state index >= 15 is 0 Å². The Balaban J connectivity index is 1.69. The van der Waals surface area contributed by atoms with Crippen molar-refractivity contribution in [1.82, 2.24) is 25.2 Å². The predicted molar refractivity (Wildman–Crippen MR) is 138 cm³/mol. The fourth-order valence-electron chi connectivity index (χ4n) is 4.06. The molecule has 0 radical (unpaired) electrons. The van der Waals surface area contributed by atoms with Gasteiger partial charge >= 0.3 is 0 Å². The van der Waals surface area contributed by atoms with Crippen LogP contribution in [0.5, 0.6) is 0 Å². The molecule has 2 aromatic heterocycles. The van der Waals surface area contributed by atoms with Gasteiger partial charge in [0.15, 0.2) is 6.04 Å². The van der Waals surface area contributed by atoms with Crippen molar-refractivity contribution in [3.63, 3.8) is 0 Å². The van der Waals surface area contributed by atoms with Crippen LogP contribution in [0.2, 0.25) is 0 Å². The molecule has 36 heavy (non-hydrogen) atoms. The third-order valence-electron chi connectivity index (χ3n) is 6.45. The number of benzene rings is 2. The summed E-state index contributed by atoms with van der Waals surface area (Å²) in [6, 6.07) is 20.1. The molecular weight excluding hydrogens is 454 g/mol. The van der Waals surface area contributed by atoms with E-state index < -0.39 is 11.6 Å². The molecule has 2 aromatic carbocycles. The van der Waals surface area contributed by atoms with E-state index in [1.807, 2.05) is 88.4 Å². The van der Waals surface area contributed by atoms with Crippen molar-refractivity contribution in [1.29, 1.82) is 0 Å². The van der Waals surface area contributed by atoms with E-state index in [2.05, 4.69) is 15.6 Å². The zero-order chi connectivity index (χ0) is 25.7. The maximum absolute atomic E-state index is 13.9. The minimum atomic E-state index is -0.921. The molecule has 0 fully saturated rings. The highest BCUT2D eigenvalue weighted by molar-refractivity contribution is 5.89. The van der Waals surface area contributed by atoms with Crippen LogP contribution < -0.4 is 5.32 Å². The predicted octanol–water partition coefficient (Wildman–Crippen LogP) is 4.45. The highest BCUT2D eigenvalue weighted by atomic mass is 16.3. The van der Waals surface area contributed by atoms with Gasteiger partial charge in [0.1, 0.15) is 23.6 Å². The Morgan fingerprint density at radius 2 is 1.78 bits per heavy atom. The summed E-state index contributed by atoms with van der Waals surface area (Å²) >= 11 is 0. The minimum Gasteiger partial charge on any atom is -0.464 e. The van der Waals surface area contributed by atoms with Crippen LogP contribution in [-0.4, -0.2) is 43.8 Å². The summed E-state index contributed by atoms with van der Waals surface area (Å²) < 4.78 is 7.49. The van der Waals surface area contributed by atoms with Crippen LogP contribution in [0.1, 0.15) is 50.3 Å². The Hall–Kier alpha value is -3.94. The molecule has 8 heteroatoms. The Bertz CT molecular complexity index is 1330. The summed E-state index contributed by atoms with van der Waals surface area (Å²) in [5.41, 5.74) is 2.11. The number of rotatable bonds is 10. The molecule has 0 bridgehead atoms. The van der Waals surface area contributed by atoms with Gasteiger partial charge in [-0.2, -0.15) is 0 Å². The number of aromatic nitrogens is 3. The quantitative estimate of drug-likeness (QED) is 0.357. The lowest BCUT2D eigenvalue weighted by atomic mass is 10.0. The Labute approximate surface area is 211 Å². The molecule has 0 aliphatic rings. The van der Waals surface area contributed by atoms with E-state index in [1.54, 1.807) is 15.6 Å². The first-order valence-corrected chi connectivity index (χ1v) is 12.3. The fraction of sp³-hybridized carbons (Fsp3) is 0.357. The van der Waals surface area contributed by atoms with Gasteiger partial charge in [-0.25, -0.2) is 4.68 Å². The van der Waals surface area contributed by atoms with Crippen molar-refractivity contribution >= 4 is 22.8 Å². The topological polar surface area (TPSA) is 93.3 Å². The highest BCUT2D eigenvalue weighted by Crippen LogP contribution is 2.26. The molecule has 1 atom stereocenters. The first kappa shape index (κ1) is 25.2. The molecular formula is C28H33N5O3. The first-order valence-electron chi connectivity index (χ1n) is 12.3. The molecule has 8 nitrogen and oxygen atoms in total. The molecule has 0 unspecified atom stereocenters. The van der Waals surface area contributed by atoms with E-state index in [0.29, 0.717) is 30.0 Å². The molecule has 2 heterocycles. The molecule has 188 valence electrons. The van der Waals surface area contributed by atoms with Crippen molar-refractivity contribution in [3.8, 4) is 0 Å². The first-order chi connectivity index (χ1) is 17.3. The minimum absolute atomic E-state index is 0.0457. The van der Waals surface area contributed by atoms with Crippen LogP contribution in [0.15, 0.2) is 71.1 Å². The largest absolute Gasteiger partial charge is 0.464 e. The third kappa shape index (κ3) is 5.82. The number of hydrogen-bond donors (Lipinski definition) is 1. The highest BCUT2D eigenvalue weighted by Gasteiger charge is 2.36. The van der Waals surface area contributed by atoms with Crippen LogP contribution in [0.25, 0.3) is 11.0 Å². The van der Waals surface area contributed by atoms with Gasteiger partial charge in [-0.1, -0.05) is 54.6 Å². The van der Waals surface area contributed by atoms with E-state index in [0.717, 1.165) is 17.5 Å². The van der Waals surface area contributed by atoms with Gasteiger partial charge in [-0.15, -0.1) is 5.10 Å². The lowest BCUT2D eigenvalue weighted by Crippen LogP contribution is -2.51. The Kier molecular flexibility index (Phi) is 7.52. The van der Waals surface area contributed by atoms with Gasteiger partial charge in [-0.3, -0.25) is 9.59 Å². The molecule has 0 saturated carbocycles. The molecule has 1 N–H and O–H groups in total. The number of carbonyl (C=O) groups is 2. The summed E-state index contributed by atoms with van der Waals surface area (Å²) in [5.74, 6) is 0.586. The smallest absolute Gasteiger partial charge is 0.251 e. The molecule has 0 spiro atoms. The van der Waals surface area contributed by atoms with Crippen LogP contribution in [-0.2, 0) is 22.6 Å². The third-order valence-corrected chi connectivity index (χ3v) is 6.45. The van der Waals surface area contributed by atoms with Crippen LogP contribution >= 0.6 is 0 Å². The lowest BCUT2D eigenvalue weighted by molar-refractivity contribution is -0.142. The zero-order valence-corrected chi connectivity index (χ0v) is 21.3. The SMILES string of the molecule is CCC(C)(C)NC(=O)[C@H](c1ccc(C)o1)N(CCc1ccccc1)C(=O)Cn1nnc2ccccc21. The Morgan fingerprint density at radius 3 is 2.47 bits per heavy atom. The number of furan rings is 1. The van der Waals surface area contributed by atoms with Crippen LogP contribution in [0, 0.1) is 6.92 Å². The van der Waals surface area contributed by atoms with Crippen molar-refractivity contribution < 1.29 is 14.0 Å². The van der Waals surface area contributed by atoms with Crippen molar-refractivity contribution in [2.75, 3.05) is 6.54 Å². The number of hydrogen-bond acceptors (Lipinski definition) is 5. The summed E-state index contributed by atoms with van der Waals surface area (Å²) in [5, 5.41) is 11.5. The second-order valence-electron chi connectivity index (χ2n) is 9.64. The lowest BCUT2D eigenvalue weighted by Gasteiger charge is -2.33. The summed E-state index contributed by atoms with van der Waals surface area (Å²) in [7, 11) is 0. The van der Waals surface area contributed by atoms with Gasteiger partial charge < -0.3 is 14.6 Å². The molecule has 4 aromatic rings. The summed E-state index contributed by atoms with van der Waals surface area (Å²) in [6.45, 7) is 8.06. The monoisotopic (exact) mass is 487 g/mol. The number of para-hydroxylation sites is 1. The van der Waals surface area contributed by atoms with Crippen LogP contribution in [0.4, 0.5) is 0 Å². The van der Waals surface area contributed by atoms with E-state index in [9.17, 15) is 9.59 Å². The average molecular weight is 488 g/mol. The van der Waals surface area contributed by atoms with Gasteiger partial charge in [0.05, 0.1) is 5.52 Å². The molecule has 0 saturated heterocycles. The summed E-state index contributed by atoms with van der Waals surface area (Å²) in [6.07, 6.45) is 1.33. The molecule has 4 rings (SSSR count). The number of nitrogens with zero attached hydrogens (tertiary/aromatic N) is 4. The second-order valence-corrected chi connectivity index (χ2v) is 9.64. The second kappa shape index (κ2) is 10.8. The van der Waals surface area contributed by atoms with E-state index in [-0.39, 0.29) is 18.4 Å². The van der Waals surface area contributed by atoms with Gasteiger partial charge in [0, 0.05) is 12.1 Å². The van der Waals surface area contributed by atoms with E-state index in [1.165, 1.54) is 0 Å². The maximum atomic E-state index is 13.9. The van der Waals surface area contributed by atoms with Gasteiger partial charge in [0.25, 0.3) is 5.91 Å².